The molecule has 152 valence electrons. The van der Waals surface area contributed by atoms with E-state index >= 15 is 0 Å². The molecule has 2 aromatic heterocycles. The number of nitrogens with one attached hydrogen (secondary N) is 1. The molecule has 0 unspecified atom stereocenters. The van der Waals surface area contributed by atoms with Crippen LogP contribution in [0.3, 0.4) is 0 Å². The lowest BCUT2D eigenvalue weighted by molar-refractivity contribution is -0.0162. The van der Waals surface area contributed by atoms with Gasteiger partial charge in [0.1, 0.15) is 17.5 Å². The van der Waals surface area contributed by atoms with Gasteiger partial charge in [-0.3, -0.25) is 9.69 Å². The third-order valence-corrected chi connectivity index (χ3v) is 6.75. The predicted molar refractivity (Wildman–Crippen MR) is 112 cm³/mol. The van der Waals surface area contributed by atoms with Crippen molar-refractivity contribution in [1.82, 2.24) is 25.0 Å². The molecule has 0 aliphatic carbocycles. The van der Waals surface area contributed by atoms with Gasteiger partial charge in [-0.25, -0.2) is 0 Å². The Balaban J connectivity index is 1.53. The van der Waals surface area contributed by atoms with Crippen LogP contribution in [-0.4, -0.2) is 56.4 Å². The van der Waals surface area contributed by atoms with Crippen LogP contribution in [0.4, 0.5) is 0 Å². The maximum Gasteiger partial charge on any atom is 0.263 e. The van der Waals surface area contributed by atoms with Crippen molar-refractivity contribution < 1.29 is 9.90 Å². The second-order valence-corrected chi connectivity index (χ2v) is 8.48. The van der Waals surface area contributed by atoms with E-state index in [2.05, 4.69) is 20.4 Å². The van der Waals surface area contributed by atoms with Crippen molar-refractivity contribution in [2.45, 2.75) is 24.6 Å². The predicted octanol–water partition coefficient (Wildman–Crippen LogP) is 2.39. The Morgan fingerprint density at radius 2 is 2.00 bits per heavy atom. The number of thiophene rings is 1. The van der Waals surface area contributed by atoms with Crippen molar-refractivity contribution in [3.8, 4) is 0 Å². The Hall–Kier alpha value is -2.26. The van der Waals surface area contributed by atoms with E-state index < -0.39 is 11.6 Å². The van der Waals surface area contributed by atoms with Gasteiger partial charge in [-0.1, -0.05) is 41.9 Å². The minimum absolute atomic E-state index is 0.258. The van der Waals surface area contributed by atoms with Crippen molar-refractivity contribution in [3.05, 3.63) is 69.9 Å². The zero-order valence-electron chi connectivity index (χ0n) is 15.7. The number of aliphatic hydroxyl groups is 1. The van der Waals surface area contributed by atoms with Crippen LogP contribution in [0.1, 0.15) is 21.7 Å². The zero-order chi connectivity index (χ0) is 20.3. The standard InChI is InChI=1S/C20H22ClN5O2S/c21-16-6-11-29-18(16)19(28)24-20(15-4-2-1-3-5-15)7-8-25(12-17(20)27)9-10-26-13-22-23-14-26/h1-6,11,13-14,17,27H,7-10,12H2,(H,24,28)/t17-,20-/m1/s1. The number of nitrogens with zero attached hydrogens (tertiary/aromatic N) is 4. The fourth-order valence-corrected chi connectivity index (χ4v) is 4.83. The molecular formula is C20H22ClN5O2S. The van der Waals surface area contributed by atoms with E-state index in [0.29, 0.717) is 22.9 Å². The highest BCUT2D eigenvalue weighted by molar-refractivity contribution is 7.12. The summed E-state index contributed by atoms with van der Waals surface area (Å²) in [6, 6.07) is 11.4. The van der Waals surface area contributed by atoms with Crippen LogP contribution in [-0.2, 0) is 12.1 Å². The third-order valence-electron chi connectivity index (χ3n) is 5.41. The molecule has 0 spiro atoms. The van der Waals surface area contributed by atoms with E-state index in [1.165, 1.54) is 11.3 Å². The van der Waals surface area contributed by atoms with E-state index in [0.717, 1.165) is 25.2 Å². The summed E-state index contributed by atoms with van der Waals surface area (Å²) in [4.78, 5) is 15.6. The van der Waals surface area contributed by atoms with Crippen LogP contribution < -0.4 is 5.32 Å². The van der Waals surface area contributed by atoms with Crippen LogP contribution >= 0.6 is 22.9 Å². The van der Waals surface area contributed by atoms with Crippen molar-refractivity contribution >= 4 is 28.8 Å². The lowest BCUT2D eigenvalue weighted by Crippen LogP contribution is -2.62. The summed E-state index contributed by atoms with van der Waals surface area (Å²) in [5, 5.41) is 24.2. The van der Waals surface area contributed by atoms with Crippen LogP contribution in [0, 0.1) is 0 Å². The smallest absolute Gasteiger partial charge is 0.263 e. The van der Waals surface area contributed by atoms with Gasteiger partial charge in [0.15, 0.2) is 0 Å². The lowest BCUT2D eigenvalue weighted by atomic mass is 9.78. The Morgan fingerprint density at radius 3 is 2.66 bits per heavy atom. The molecule has 3 heterocycles. The normalized spacial score (nSPS) is 22.5. The first-order valence-corrected chi connectivity index (χ1v) is 10.7. The Bertz CT molecular complexity index is 949. The molecule has 29 heavy (non-hydrogen) atoms. The number of amides is 1. The Morgan fingerprint density at radius 1 is 1.24 bits per heavy atom. The maximum absolute atomic E-state index is 13.0. The number of hydrogen-bond donors (Lipinski definition) is 2. The first-order chi connectivity index (χ1) is 14.1. The topological polar surface area (TPSA) is 83.3 Å². The molecule has 2 N–H and O–H groups in total. The van der Waals surface area contributed by atoms with Crippen molar-refractivity contribution in [2.75, 3.05) is 19.6 Å². The largest absolute Gasteiger partial charge is 0.389 e. The number of rotatable bonds is 6. The second kappa shape index (κ2) is 8.62. The number of β-amino-alcohol motifs (C(OH)–C–C–N with tert-alkyl or cyclic N) is 1. The molecule has 9 heteroatoms. The van der Waals surface area contributed by atoms with Crippen molar-refractivity contribution in [2.24, 2.45) is 0 Å². The number of hydrogen-bond acceptors (Lipinski definition) is 6. The molecule has 3 aromatic rings. The minimum atomic E-state index is -0.862. The number of aromatic nitrogens is 3. The molecule has 1 fully saturated rings. The summed E-state index contributed by atoms with van der Waals surface area (Å²) in [7, 11) is 0. The summed E-state index contributed by atoms with van der Waals surface area (Å²) in [5.74, 6) is -0.258. The van der Waals surface area contributed by atoms with Gasteiger partial charge in [0.25, 0.3) is 5.91 Å². The number of benzene rings is 1. The average Bonchev–Trinajstić information content (AvgIpc) is 3.40. The monoisotopic (exact) mass is 431 g/mol. The Kier molecular flexibility index (Phi) is 5.96. The van der Waals surface area contributed by atoms with Crippen LogP contribution in [0.2, 0.25) is 5.02 Å². The molecule has 1 amide bonds. The Labute approximate surface area is 177 Å². The maximum atomic E-state index is 13.0. The van der Waals surface area contributed by atoms with Crippen LogP contribution in [0.15, 0.2) is 54.4 Å². The number of likely N-dealkylation sites (tertiary alicyclic amines) is 1. The molecule has 2 atom stereocenters. The second-order valence-electron chi connectivity index (χ2n) is 7.16. The fraction of sp³-hybridized carbons (Fsp3) is 0.350. The number of piperidine rings is 1. The van der Waals surface area contributed by atoms with Gasteiger partial charge < -0.3 is 15.0 Å². The number of carbonyl (C=O) groups is 1. The first kappa shape index (κ1) is 20.0. The molecular weight excluding hydrogens is 410 g/mol. The number of carbonyl (C=O) groups excluding carboxylic acids is 1. The highest BCUT2D eigenvalue weighted by Crippen LogP contribution is 2.34. The average molecular weight is 432 g/mol. The van der Waals surface area contributed by atoms with Gasteiger partial charge >= 0.3 is 0 Å². The summed E-state index contributed by atoms with van der Waals surface area (Å²) in [6.45, 7) is 2.71. The third kappa shape index (κ3) is 4.20. The summed E-state index contributed by atoms with van der Waals surface area (Å²) >= 11 is 7.46. The fourth-order valence-electron chi connectivity index (χ4n) is 3.80. The van der Waals surface area contributed by atoms with Crippen molar-refractivity contribution in [1.29, 1.82) is 0 Å². The van der Waals surface area contributed by atoms with E-state index in [9.17, 15) is 9.90 Å². The van der Waals surface area contributed by atoms with Gasteiger partial charge in [0, 0.05) is 26.2 Å². The van der Waals surface area contributed by atoms with Crippen LogP contribution in [0.5, 0.6) is 0 Å². The summed E-state index contributed by atoms with van der Waals surface area (Å²) in [6.07, 6.45) is 3.19. The quantitative estimate of drug-likeness (QED) is 0.626. The summed E-state index contributed by atoms with van der Waals surface area (Å²) < 4.78 is 1.91. The molecule has 4 rings (SSSR count). The highest BCUT2D eigenvalue weighted by Gasteiger charge is 2.45. The van der Waals surface area contributed by atoms with Crippen molar-refractivity contribution in [3.63, 3.8) is 0 Å². The molecule has 0 radical (unpaired) electrons. The minimum Gasteiger partial charge on any atom is -0.389 e. The summed E-state index contributed by atoms with van der Waals surface area (Å²) in [5.41, 5.74) is 0.0330. The SMILES string of the molecule is O=C(N[C@@]1(c2ccccc2)CCN(CCn2cnnc2)C[C@H]1O)c1sccc1Cl. The molecule has 0 bridgehead atoms. The van der Waals surface area contributed by atoms with E-state index in [4.69, 9.17) is 11.6 Å². The van der Waals surface area contributed by atoms with Gasteiger partial charge in [0.05, 0.1) is 16.7 Å². The lowest BCUT2D eigenvalue weighted by Gasteiger charge is -2.46. The molecule has 1 aliphatic heterocycles. The first-order valence-electron chi connectivity index (χ1n) is 9.42. The van der Waals surface area contributed by atoms with E-state index in [1.807, 2.05) is 34.9 Å². The van der Waals surface area contributed by atoms with E-state index in [1.54, 1.807) is 24.1 Å². The highest BCUT2D eigenvalue weighted by atomic mass is 35.5. The number of aliphatic hydroxyl groups excluding tert-OH is 1. The number of halogens is 1. The zero-order valence-corrected chi connectivity index (χ0v) is 17.3. The van der Waals surface area contributed by atoms with Gasteiger partial charge in [-0.2, -0.15) is 0 Å². The van der Waals surface area contributed by atoms with Gasteiger partial charge in [0.2, 0.25) is 0 Å². The van der Waals surface area contributed by atoms with Gasteiger partial charge in [-0.15, -0.1) is 21.5 Å². The van der Waals surface area contributed by atoms with Gasteiger partial charge in [-0.05, 0) is 23.4 Å². The molecule has 1 aliphatic rings. The van der Waals surface area contributed by atoms with E-state index in [-0.39, 0.29) is 5.91 Å². The molecule has 1 saturated heterocycles. The molecule has 7 nitrogen and oxygen atoms in total. The van der Waals surface area contributed by atoms with Crippen LogP contribution in [0.25, 0.3) is 0 Å². The molecule has 1 aromatic carbocycles. The molecule has 0 saturated carbocycles.